The number of carbonyl (C=O) groups excluding carboxylic acids is 1. The van der Waals surface area contributed by atoms with Crippen LogP contribution in [0.25, 0.3) is 0 Å². The number of nitrogens with zero attached hydrogens (tertiary/aromatic N) is 1. The highest BCUT2D eigenvalue weighted by molar-refractivity contribution is 5.77. The number of piperidine rings is 1. The van der Waals surface area contributed by atoms with E-state index in [0.717, 1.165) is 37.2 Å². The summed E-state index contributed by atoms with van der Waals surface area (Å²) in [4.78, 5) is 15.4. The van der Waals surface area contributed by atoms with E-state index in [-0.39, 0.29) is 6.61 Å². The summed E-state index contributed by atoms with van der Waals surface area (Å²) >= 11 is 0. The third kappa shape index (κ3) is 3.79. The smallest absolute Gasteiger partial charge is 0.213 e. The molecule has 1 aliphatic heterocycles. The molecule has 1 aliphatic rings. The van der Waals surface area contributed by atoms with E-state index in [1.165, 1.54) is 6.07 Å². The molecule has 0 bridgehead atoms. The summed E-state index contributed by atoms with van der Waals surface area (Å²) in [5.41, 5.74) is 2.55. The van der Waals surface area contributed by atoms with Gasteiger partial charge in [-0.3, -0.25) is 4.79 Å². The van der Waals surface area contributed by atoms with Crippen molar-refractivity contribution in [1.82, 2.24) is 10.3 Å². The zero-order valence-corrected chi connectivity index (χ0v) is 13.7. The number of nitrogens with one attached hydrogen (secondary N) is 1. The Bertz CT molecular complexity index is 727. The fourth-order valence-electron chi connectivity index (χ4n) is 3.00. The van der Waals surface area contributed by atoms with Gasteiger partial charge in [0.05, 0.1) is 0 Å². The Morgan fingerprint density at radius 1 is 1.33 bits per heavy atom. The Labute approximate surface area is 141 Å². The van der Waals surface area contributed by atoms with Gasteiger partial charge in [-0.1, -0.05) is 6.07 Å². The van der Waals surface area contributed by atoms with E-state index < -0.39 is 5.82 Å². The van der Waals surface area contributed by atoms with Crippen LogP contribution in [0.5, 0.6) is 5.88 Å². The van der Waals surface area contributed by atoms with Crippen molar-refractivity contribution in [2.45, 2.75) is 32.3 Å². The lowest BCUT2D eigenvalue weighted by Gasteiger charge is -2.22. The molecule has 4 nitrogen and oxygen atoms in total. The van der Waals surface area contributed by atoms with Crippen LogP contribution in [0, 0.1) is 12.7 Å². The molecular formula is C19H21FN2O2. The molecule has 0 amide bonds. The zero-order chi connectivity index (χ0) is 16.9. The summed E-state index contributed by atoms with van der Waals surface area (Å²) in [7, 11) is 0. The largest absolute Gasteiger partial charge is 0.473 e. The van der Waals surface area contributed by atoms with Gasteiger partial charge in [-0.05, 0) is 56.6 Å². The molecule has 1 fully saturated rings. The molecule has 0 atom stereocenters. The molecule has 5 heteroatoms. The van der Waals surface area contributed by atoms with Crippen LogP contribution in [0.15, 0.2) is 30.3 Å². The van der Waals surface area contributed by atoms with Crippen molar-refractivity contribution in [2.24, 2.45) is 0 Å². The molecule has 3 rings (SSSR count). The second-order valence-corrected chi connectivity index (χ2v) is 6.13. The summed E-state index contributed by atoms with van der Waals surface area (Å²) in [5, 5.41) is 3.34. The number of aryl methyl sites for hydroxylation is 1. The van der Waals surface area contributed by atoms with E-state index in [1.807, 2.05) is 12.1 Å². The van der Waals surface area contributed by atoms with E-state index >= 15 is 0 Å². The van der Waals surface area contributed by atoms with Crippen molar-refractivity contribution in [2.75, 3.05) is 13.1 Å². The van der Waals surface area contributed by atoms with Crippen LogP contribution in [0.1, 0.15) is 45.9 Å². The second-order valence-electron chi connectivity index (χ2n) is 6.13. The third-order valence-electron chi connectivity index (χ3n) is 4.44. The van der Waals surface area contributed by atoms with Gasteiger partial charge in [0, 0.05) is 28.8 Å². The maximum atomic E-state index is 14.0. The van der Waals surface area contributed by atoms with Crippen LogP contribution in [-0.2, 0) is 6.61 Å². The lowest BCUT2D eigenvalue weighted by atomic mass is 9.94. The van der Waals surface area contributed by atoms with Crippen molar-refractivity contribution in [3.63, 3.8) is 0 Å². The van der Waals surface area contributed by atoms with Gasteiger partial charge in [0.1, 0.15) is 18.7 Å². The molecule has 0 unspecified atom stereocenters. The van der Waals surface area contributed by atoms with Gasteiger partial charge in [0.25, 0.3) is 0 Å². The van der Waals surface area contributed by atoms with E-state index in [0.29, 0.717) is 29.2 Å². The maximum absolute atomic E-state index is 14.0. The number of halogens is 1. The first-order valence-corrected chi connectivity index (χ1v) is 8.22. The number of hydrogen-bond acceptors (Lipinski definition) is 4. The average Bonchev–Trinajstić information content (AvgIpc) is 2.63. The standard InChI is InChI=1S/C19H21FN2O2/c1-13-9-16(17(20)10-15(13)11-23)12-24-19-4-2-3-18(22-19)14-5-7-21-8-6-14/h2-4,9-11,14,21H,5-8,12H2,1H3. The molecule has 2 heterocycles. The third-order valence-corrected chi connectivity index (χ3v) is 4.44. The van der Waals surface area contributed by atoms with E-state index in [2.05, 4.69) is 10.3 Å². The highest BCUT2D eigenvalue weighted by Crippen LogP contribution is 2.25. The molecule has 1 aromatic heterocycles. The van der Waals surface area contributed by atoms with Crippen molar-refractivity contribution in [1.29, 1.82) is 0 Å². The van der Waals surface area contributed by atoms with Gasteiger partial charge < -0.3 is 10.1 Å². The van der Waals surface area contributed by atoms with E-state index in [9.17, 15) is 9.18 Å². The number of aromatic nitrogens is 1. The first-order chi connectivity index (χ1) is 11.7. The summed E-state index contributed by atoms with van der Waals surface area (Å²) in [6.45, 7) is 3.88. The molecule has 0 saturated carbocycles. The van der Waals surface area contributed by atoms with Crippen LogP contribution in [-0.4, -0.2) is 24.4 Å². The topological polar surface area (TPSA) is 51.2 Å². The molecule has 0 aliphatic carbocycles. The SMILES string of the molecule is Cc1cc(COc2cccc(C3CCNCC3)n2)c(F)cc1C=O. The number of rotatable bonds is 5. The molecule has 126 valence electrons. The second kappa shape index (κ2) is 7.53. The molecule has 1 saturated heterocycles. The van der Waals surface area contributed by atoms with Crippen molar-refractivity contribution >= 4 is 6.29 Å². The van der Waals surface area contributed by atoms with Gasteiger partial charge in [0.15, 0.2) is 0 Å². The summed E-state index contributed by atoms with van der Waals surface area (Å²) in [6.07, 6.45) is 2.79. The van der Waals surface area contributed by atoms with Gasteiger partial charge in [-0.15, -0.1) is 0 Å². The normalized spacial score (nSPS) is 15.2. The Kier molecular flexibility index (Phi) is 5.20. The van der Waals surface area contributed by atoms with Crippen molar-refractivity contribution < 1.29 is 13.9 Å². The number of carbonyl (C=O) groups is 1. The van der Waals surface area contributed by atoms with Crippen LogP contribution in [0.2, 0.25) is 0 Å². The first-order valence-electron chi connectivity index (χ1n) is 8.22. The quantitative estimate of drug-likeness (QED) is 0.855. The van der Waals surface area contributed by atoms with E-state index in [1.54, 1.807) is 19.1 Å². The number of pyridine rings is 1. The molecular weight excluding hydrogens is 307 g/mol. The van der Waals surface area contributed by atoms with Gasteiger partial charge >= 0.3 is 0 Å². The minimum atomic E-state index is -0.433. The fourth-order valence-corrected chi connectivity index (χ4v) is 3.00. The van der Waals surface area contributed by atoms with Crippen LogP contribution in [0.3, 0.4) is 0 Å². The molecule has 1 aromatic carbocycles. The summed E-state index contributed by atoms with van der Waals surface area (Å²) in [5.74, 6) is 0.514. The van der Waals surface area contributed by atoms with E-state index in [4.69, 9.17) is 4.74 Å². The molecule has 1 N–H and O–H groups in total. The van der Waals surface area contributed by atoms with Gasteiger partial charge in [0.2, 0.25) is 5.88 Å². The van der Waals surface area contributed by atoms with Crippen LogP contribution >= 0.6 is 0 Å². The predicted octanol–water partition coefficient (Wildman–Crippen LogP) is 3.39. The van der Waals surface area contributed by atoms with Crippen molar-refractivity contribution in [3.05, 3.63) is 58.5 Å². The minimum Gasteiger partial charge on any atom is -0.473 e. The van der Waals surface area contributed by atoms with Crippen LogP contribution in [0.4, 0.5) is 4.39 Å². The predicted molar refractivity (Wildman–Crippen MR) is 89.9 cm³/mol. The number of aldehydes is 1. The lowest BCUT2D eigenvalue weighted by molar-refractivity contribution is 0.112. The average molecular weight is 328 g/mol. The Morgan fingerprint density at radius 3 is 2.88 bits per heavy atom. The summed E-state index contributed by atoms with van der Waals surface area (Å²) in [6, 6.07) is 8.63. The van der Waals surface area contributed by atoms with Crippen molar-refractivity contribution in [3.8, 4) is 5.88 Å². The highest BCUT2D eigenvalue weighted by Gasteiger charge is 2.17. The highest BCUT2D eigenvalue weighted by atomic mass is 19.1. The number of ether oxygens (including phenoxy) is 1. The molecule has 24 heavy (non-hydrogen) atoms. The van der Waals surface area contributed by atoms with Gasteiger partial charge in [-0.25, -0.2) is 9.37 Å². The number of benzene rings is 1. The zero-order valence-electron chi connectivity index (χ0n) is 13.7. The molecule has 0 radical (unpaired) electrons. The summed E-state index contributed by atoms with van der Waals surface area (Å²) < 4.78 is 19.7. The number of hydrogen-bond donors (Lipinski definition) is 1. The molecule has 2 aromatic rings. The Balaban J connectivity index is 1.70. The first kappa shape index (κ1) is 16.6. The monoisotopic (exact) mass is 328 g/mol. The maximum Gasteiger partial charge on any atom is 0.213 e. The molecule has 0 spiro atoms. The van der Waals surface area contributed by atoms with Crippen LogP contribution < -0.4 is 10.1 Å². The minimum absolute atomic E-state index is 0.0918. The fraction of sp³-hybridized carbons (Fsp3) is 0.368. The van der Waals surface area contributed by atoms with Gasteiger partial charge in [-0.2, -0.15) is 0 Å². The lowest BCUT2D eigenvalue weighted by Crippen LogP contribution is -2.27. The Morgan fingerprint density at radius 2 is 2.12 bits per heavy atom. The Hall–Kier alpha value is -2.27.